The van der Waals surface area contributed by atoms with Gasteiger partial charge >= 0.3 is 0 Å². The summed E-state index contributed by atoms with van der Waals surface area (Å²) in [5.74, 6) is 3.59. The van der Waals surface area contributed by atoms with Crippen molar-refractivity contribution in [3.63, 3.8) is 0 Å². The number of hydrogen-bond donors (Lipinski definition) is 1. The highest BCUT2D eigenvalue weighted by Crippen LogP contribution is 2.07. The standard InChI is InChI=1S/C13H20N6/c1-5-11-8-12(16-9(2)15-11)14-7-6-13-18-17-10(3)19(13)4/h8H,5-7H2,1-4H3,(H,14,15,16). The molecule has 0 fully saturated rings. The minimum atomic E-state index is 0.783. The first-order valence-electron chi connectivity index (χ1n) is 6.53. The van der Waals surface area contributed by atoms with Crippen LogP contribution in [0.25, 0.3) is 0 Å². The number of rotatable bonds is 5. The molecule has 6 nitrogen and oxygen atoms in total. The van der Waals surface area contributed by atoms with Crippen LogP contribution in [0.5, 0.6) is 0 Å². The molecule has 6 heteroatoms. The summed E-state index contributed by atoms with van der Waals surface area (Å²) in [5.41, 5.74) is 1.06. The molecule has 0 radical (unpaired) electrons. The fourth-order valence-corrected chi connectivity index (χ4v) is 1.87. The Labute approximate surface area is 113 Å². The Morgan fingerprint density at radius 2 is 2.00 bits per heavy atom. The first-order valence-corrected chi connectivity index (χ1v) is 6.53. The van der Waals surface area contributed by atoms with Crippen molar-refractivity contribution >= 4 is 5.82 Å². The molecule has 0 aliphatic rings. The average Bonchev–Trinajstić information content (AvgIpc) is 2.70. The fraction of sp³-hybridized carbons (Fsp3) is 0.538. The Kier molecular flexibility index (Phi) is 4.09. The molecule has 0 aliphatic heterocycles. The highest BCUT2D eigenvalue weighted by Gasteiger charge is 2.05. The molecule has 0 spiro atoms. The predicted octanol–water partition coefficient (Wildman–Crippen LogP) is 1.44. The molecule has 1 N–H and O–H groups in total. The number of hydrogen-bond acceptors (Lipinski definition) is 5. The summed E-state index contributed by atoms with van der Waals surface area (Å²) in [6, 6.07) is 1.99. The fourth-order valence-electron chi connectivity index (χ4n) is 1.87. The molecule has 0 saturated carbocycles. The van der Waals surface area contributed by atoms with Gasteiger partial charge in [-0.3, -0.25) is 0 Å². The van der Waals surface area contributed by atoms with E-state index in [1.54, 1.807) is 0 Å². The number of nitrogens with one attached hydrogen (secondary N) is 1. The van der Waals surface area contributed by atoms with Gasteiger partial charge in [0.1, 0.15) is 23.3 Å². The molecule has 0 aliphatic carbocycles. The molecule has 2 rings (SSSR count). The smallest absolute Gasteiger partial charge is 0.134 e. The Morgan fingerprint density at radius 1 is 1.21 bits per heavy atom. The van der Waals surface area contributed by atoms with Crippen LogP contribution in [-0.2, 0) is 19.9 Å². The van der Waals surface area contributed by atoms with Gasteiger partial charge in [-0.05, 0) is 20.3 Å². The second-order valence-corrected chi connectivity index (χ2v) is 4.54. The summed E-state index contributed by atoms with van der Waals surface area (Å²) >= 11 is 0. The SMILES string of the molecule is CCc1cc(NCCc2nnc(C)n2C)nc(C)n1. The van der Waals surface area contributed by atoms with E-state index in [0.717, 1.165) is 48.4 Å². The lowest BCUT2D eigenvalue weighted by Crippen LogP contribution is -2.11. The van der Waals surface area contributed by atoms with E-state index in [1.807, 2.05) is 31.5 Å². The van der Waals surface area contributed by atoms with Gasteiger partial charge in [0.2, 0.25) is 0 Å². The van der Waals surface area contributed by atoms with Gasteiger partial charge in [-0.25, -0.2) is 9.97 Å². The maximum Gasteiger partial charge on any atom is 0.134 e. The Bertz CT molecular complexity index is 560. The topological polar surface area (TPSA) is 68.5 Å². The first-order chi connectivity index (χ1) is 9.10. The normalized spacial score (nSPS) is 10.7. The number of anilines is 1. The van der Waals surface area contributed by atoms with Crippen molar-refractivity contribution in [2.24, 2.45) is 7.05 Å². The molecule has 0 amide bonds. The van der Waals surface area contributed by atoms with E-state index in [1.165, 1.54) is 0 Å². The minimum Gasteiger partial charge on any atom is -0.370 e. The molecule has 0 aromatic carbocycles. The van der Waals surface area contributed by atoms with Gasteiger partial charge in [-0.2, -0.15) is 0 Å². The highest BCUT2D eigenvalue weighted by atomic mass is 15.3. The third kappa shape index (κ3) is 3.27. The van der Waals surface area contributed by atoms with Crippen LogP contribution in [0.2, 0.25) is 0 Å². The Hall–Kier alpha value is -1.98. The van der Waals surface area contributed by atoms with E-state index in [2.05, 4.69) is 32.4 Å². The Balaban J connectivity index is 1.96. The summed E-state index contributed by atoms with van der Waals surface area (Å²) in [6.45, 7) is 6.74. The summed E-state index contributed by atoms with van der Waals surface area (Å²) in [7, 11) is 1.98. The molecule has 2 aromatic rings. The first kappa shape index (κ1) is 13.5. The van der Waals surface area contributed by atoms with Crippen molar-refractivity contribution in [3.8, 4) is 0 Å². The minimum absolute atomic E-state index is 0.783. The molecule has 19 heavy (non-hydrogen) atoms. The molecule has 2 aromatic heterocycles. The van der Waals surface area contributed by atoms with Crippen LogP contribution in [0.3, 0.4) is 0 Å². The average molecular weight is 260 g/mol. The molecule has 0 atom stereocenters. The second kappa shape index (κ2) is 5.77. The van der Waals surface area contributed by atoms with Crippen LogP contribution in [-0.4, -0.2) is 31.3 Å². The third-order valence-corrected chi connectivity index (χ3v) is 3.09. The van der Waals surface area contributed by atoms with Gasteiger partial charge in [0.25, 0.3) is 0 Å². The molecule has 102 valence electrons. The van der Waals surface area contributed by atoms with Crippen LogP contribution in [0.1, 0.15) is 30.1 Å². The van der Waals surface area contributed by atoms with E-state index in [-0.39, 0.29) is 0 Å². The lowest BCUT2D eigenvalue weighted by atomic mass is 10.3. The van der Waals surface area contributed by atoms with Crippen molar-refractivity contribution < 1.29 is 0 Å². The van der Waals surface area contributed by atoms with Crippen LogP contribution < -0.4 is 5.32 Å². The highest BCUT2D eigenvalue weighted by molar-refractivity contribution is 5.36. The quantitative estimate of drug-likeness (QED) is 0.881. The van der Waals surface area contributed by atoms with Gasteiger partial charge in [0, 0.05) is 31.8 Å². The summed E-state index contributed by atoms with van der Waals surface area (Å²) in [4.78, 5) is 8.73. The maximum atomic E-state index is 4.38. The summed E-state index contributed by atoms with van der Waals surface area (Å²) in [5, 5.41) is 11.5. The molecule has 2 heterocycles. The maximum absolute atomic E-state index is 4.38. The van der Waals surface area contributed by atoms with Crippen molar-refractivity contribution in [1.29, 1.82) is 0 Å². The zero-order valence-corrected chi connectivity index (χ0v) is 11.9. The van der Waals surface area contributed by atoms with Crippen LogP contribution in [0.4, 0.5) is 5.82 Å². The van der Waals surface area contributed by atoms with E-state index < -0.39 is 0 Å². The van der Waals surface area contributed by atoms with Gasteiger partial charge in [0.15, 0.2) is 0 Å². The van der Waals surface area contributed by atoms with Crippen molar-refractivity contribution in [2.75, 3.05) is 11.9 Å². The number of aryl methyl sites for hydroxylation is 3. The van der Waals surface area contributed by atoms with Crippen molar-refractivity contribution in [1.82, 2.24) is 24.7 Å². The number of aromatic nitrogens is 5. The van der Waals surface area contributed by atoms with Gasteiger partial charge in [0.05, 0.1) is 0 Å². The number of nitrogens with zero attached hydrogens (tertiary/aromatic N) is 5. The summed E-state index contributed by atoms with van der Waals surface area (Å²) < 4.78 is 2.00. The van der Waals surface area contributed by atoms with Crippen molar-refractivity contribution in [2.45, 2.75) is 33.6 Å². The Morgan fingerprint density at radius 3 is 2.63 bits per heavy atom. The largest absolute Gasteiger partial charge is 0.370 e. The van der Waals surface area contributed by atoms with E-state index in [4.69, 9.17) is 0 Å². The zero-order chi connectivity index (χ0) is 13.8. The molecular formula is C13H20N6. The van der Waals surface area contributed by atoms with E-state index in [9.17, 15) is 0 Å². The molecular weight excluding hydrogens is 240 g/mol. The van der Waals surface area contributed by atoms with Crippen LogP contribution in [0, 0.1) is 13.8 Å². The monoisotopic (exact) mass is 260 g/mol. The van der Waals surface area contributed by atoms with Gasteiger partial charge in [-0.15, -0.1) is 10.2 Å². The van der Waals surface area contributed by atoms with Crippen LogP contribution >= 0.6 is 0 Å². The van der Waals surface area contributed by atoms with Crippen LogP contribution in [0.15, 0.2) is 6.07 Å². The third-order valence-electron chi connectivity index (χ3n) is 3.09. The van der Waals surface area contributed by atoms with Crippen molar-refractivity contribution in [3.05, 3.63) is 29.2 Å². The van der Waals surface area contributed by atoms with Gasteiger partial charge < -0.3 is 9.88 Å². The molecule has 0 saturated heterocycles. The zero-order valence-electron chi connectivity index (χ0n) is 11.9. The van der Waals surface area contributed by atoms with Gasteiger partial charge in [-0.1, -0.05) is 6.92 Å². The summed E-state index contributed by atoms with van der Waals surface area (Å²) in [6.07, 6.45) is 1.74. The molecule has 0 unspecified atom stereocenters. The lowest BCUT2D eigenvalue weighted by molar-refractivity contribution is 0.769. The lowest BCUT2D eigenvalue weighted by Gasteiger charge is -2.07. The van der Waals surface area contributed by atoms with E-state index in [0.29, 0.717) is 0 Å². The second-order valence-electron chi connectivity index (χ2n) is 4.54. The predicted molar refractivity (Wildman–Crippen MR) is 74.1 cm³/mol. The molecule has 0 bridgehead atoms. The van der Waals surface area contributed by atoms with E-state index >= 15 is 0 Å².